The van der Waals surface area contributed by atoms with Gasteiger partial charge in [0.1, 0.15) is 0 Å². The molecule has 0 saturated heterocycles. The highest BCUT2D eigenvalue weighted by Crippen LogP contribution is 2.45. The zero-order chi connectivity index (χ0) is 72.0. The molecule has 0 aliphatic carbocycles. The lowest BCUT2D eigenvalue weighted by Crippen LogP contribution is -2.44. The van der Waals surface area contributed by atoms with Crippen LogP contribution in [0.5, 0.6) is 0 Å². The van der Waals surface area contributed by atoms with E-state index in [2.05, 4.69) is 399 Å². The summed E-state index contributed by atoms with van der Waals surface area (Å²) in [5, 5.41) is 18.1. The fraction of sp³-hybridized carbons (Fsp3) is 0.143. The highest BCUT2D eigenvalue weighted by molar-refractivity contribution is 6.89. The first-order chi connectivity index (χ1) is 51.2. The lowest BCUT2D eigenvalue weighted by Gasteiger charge is -2.24. The molecule has 6 nitrogen and oxygen atoms in total. The normalized spacial score (nSPS) is 12.9. The van der Waals surface area contributed by atoms with Crippen molar-refractivity contribution in [2.75, 3.05) is 0 Å². The first-order valence-corrected chi connectivity index (χ1v) is 44.4. The largest absolute Gasteiger partial charge is 0.309 e. The van der Waals surface area contributed by atoms with E-state index in [0.717, 1.165) is 11.7 Å². The van der Waals surface area contributed by atoms with Crippen LogP contribution in [0.2, 0.25) is 32.7 Å². The highest BCUT2D eigenvalue weighted by Gasteiger charge is 2.30. The smallest absolute Gasteiger partial charge is 0.0849 e. The zero-order valence-electron chi connectivity index (χ0n) is 62.2. The Morgan fingerprint density at radius 2 is 0.538 bits per heavy atom. The number of hydrogen-bond acceptors (Lipinski definition) is 0. The number of fused-ring (bicyclic) bond motifs is 18. The average molecular weight is 1400 g/mol. The molecular formula is C98H84N6Si2. The van der Waals surface area contributed by atoms with Gasteiger partial charge in [0.05, 0.1) is 82.3 Å². The lowest BCUT2D eigenvalue weighted by atomic mass is 9.86. The summed E-state index contributed by atoms with van der Waals surface area (Å²) in [6.45, 7) is 26.5. The maximum Gasteiger partial charge on any atom is 0.0849 e. The van der Waals surface area contributed by atoms with Gasteiger partial charge in [-0.15, -0.1) is 0 Å². The summed E-state index contributed by atoms with van der Waals surface area (Å²) in [6.07, 6.45) is 0. The molecule has 0 bridgehead atoms. The second kappa shape index (κ2) is 23.2. The first kappa shape index (κ1) is 64.0. The van der Waals surface area contributed by atoms with Gasteiger partial charge >= 0.3 is 0 Å². The van der Waals surface area contributed by atoms with Gasteiger partial charge in [-0.05, 0) is 189 Å². The van der Waals surface area contributed by atoms with Crippen LogP contribution in [0.3, 0.4) is 0 Å². The van der Waals surface area contributed by atoms with Crippen molar-refractivity contribution in [3.8, 4) is 33.6 Å². The van der Waals surface area contributed by atoms with Crippen molar-refractivity contribution in [3.05, 3.63) is 314 Å². The summed E-state index contributed by atoms with van der Waals surface area (Å²) in [5.41, 5.74) is 25.5. The Morgan fingerprint density at radius 1 is 0.236 bits per heavy atom. The number of para-hydroxylation sites is 5. The van der Waals surface area contributed by atoms with Crippen LogP contribution in [0.4, 0.5) is 0 Å². The van der Waals surface area contributed by atoms with Gasteiger partial charge in [-0.1, -0.05) is 248 Å². The van der Waals surface area contributed by atoms with Gasteiger partial charge in [-0.2, -0.15) is 0 Å². The Labute approximate surface area is 619 Å². The van der Waals surface area contributed by atoms with Gasteiger partial charge in [0, 0.05) is 76.0 Å². The molecule has 0 aliphatic rings. The third kappa shape index (κ3) is 9.87. The minimum absolute atomic E-state index is 0.00605. The Hall–Kier alpha value is -11.7. The third-order valence-corrected chi connectivity index (χ3v) is 28.6. The lowest BCUT2D eigenvalue weighted by molar-refractivity contribution is 0.591. The van der Waals surface area contributed by atoms with Crippen LogP contribution >= 0.6 is 0 Å². The number of aromatic nitrogens is 6. The molecule has 20 rings (SSSR count). The van der Waals surface area contributed by atoms with Crippen LogP contribution in [0.25, 0.3) is 164 Å². The van der Waals surface area contributed by atoms with Crippen molar-refractivity contribution in [2.24, 2.45) is 0 Å². The second-order valence-electron chi connectivity index (χ2n) is 33.7. The van der Waals surface area contributed by atoms with E-state index < -0.39 is 16.1 Å². The van der Waals surface area contributed by atoms with Crippen molar-refractivity contribution in [1.29, 1.82) is 0 Å². The molecule has 0 saturated carbocycles. The first-order valence-electron chi connectivity index (χ1n) is 37.7. The molecule has 20 aromatic rings. The minimum Gasteiger partial charge on any atom is -0.309 e. The molecule has 0 spiro atoms. The van der Waals surface area contributed by atoms with Crippen molar-refractivity contribution >= 4 is 157 Å². The number of hydrogen-bond donors (Lipinski definition) is 0. The van der Waals surface area contributed by atoms with Crippen molar-refractivity contribution < 1.29 is 0 Å². The molecule has 6 aromatic heterocycles. The van der Waals surface area contributed by atoms with Crippen LogP contribution in [0.15, 0.2) is 297 Å². The van der Waals surface area contributed by atoms with Gasteiger partial charge < -0.3 is 9.13 Å². The molecule has 106 heavy (non-hydrogen) atoms. The van der Waals surface area contributed by atoms with Gasteiger partial charge in [0.15, 0.2) is 0 Å². The quantitative estimate of drug-likeness (QED) is 0.122. The van der Waals surface area contributed by atoms with E-state index in [1.54, 1.807) is 0 Å². The number of rotatable bonds is 10. The Morgan fingerprint density at radius 3 is 0.981 bits per heavy atom. The third-order valence-electron chi connectivity index (χ3n) is 23.4. The van der Waals surface area contributed by atoms with Crippen LogP contribution in [0.1, 0.15) is 58.2 Å². The molecule has 14 aromatic carbocycles. The average Bonchev–Trinajstić information content (AvgIpc) is 1.56. The maximum atomic E-state index is 2.58. The standard InChI is InChI=1S/C98H84N6Si2/c1-97(2,3)67-39-48-87-81(57-67)77-53-63(35-44-85(77)99(87)69-24-14-12-15-25-69)65-37-46-92-79(55-65)82-58-68(98(4,5)6)40-49-94(82)103(92)104-91-33-23-20-30-75(91)76-43-34-62(52-96(76)104)61-106(10,11)72-42-50-88-83(60-72)78-54-64(36-45-86(78)100(88)70-26-16-13-17-27-70)66-38-47-93-80(56-66)84-59-71(105(7,8)9)41-51-95(84)102(93)101-89-31-21-18-28-73(89)74-29-19-22-32-90(74)101/h12-60H,61H2,1-11H3. The summed E-state index contributed by atoms with van der Waals surface area (Å²) in [7, 11) is -3.94. The summed E-state index contributed by atoms with van der Waals surface area (Å²) >= 11 is 0. The number of benzene rings is 14. The SMILES string of the molecule is CC(C)(C)c1ccc2c(c1)c1cc(-c3ccc4c(c3)c3cc(C(C)(C)C)ccc3n4-n3c4ccccc4c4ccc(C[Si](C)(C)c5ccc6c(c5)c5cc(-c7ccc8c(c7)c7cc([Si](C)(C)C)ccc7n8-n7c8ccccc8c8ccccc87)ccc5n6-c5ccccc5)cc43)ccc1n2-c1ccccc1. The van der Waals surface area contributed by atoms with Crippen molar-refractivity contribution in [2.45, 2.75) is 91.2 Å². The molecule has 0 radical (unpaired) electrons. The van der Waals surface area contributed by atoms with Gasteiger partial charge in [-0.3, -0.25) is 0 Å². The molecule has 0 atom stereocenters. The topological polar surface area (TPSA) is 29.6 Å². The van der Waals surface area contributed by atoms with Crippen molar-refractivity contribution in [3.63, 3.8) is 0 Å². The Bertz CT molecular complexity index is 7010. The van der Waals surface area contributed by atoms with E-state index in [9.17, 15) is 0 Å². The van der Waals surface area contributed by atoms with Crippen molar-refractivity contribution in [1.82, 2.24) is 27.8 Å². The highest BCUT2D eigenvalue weighted by atomic mass is 28.3. The van der Waals surface area contributed by atoms with Crippen LogP contribution in [0, 0.1) is 0 Å². The van der Waals surface area contributed by atoms with Crippen LogP contribution in [-0.4, -0.2) is 44.0 Å². The molecule has 0 fully saturated rings. The molecule has 6 heterocycles. The van der Waals surface area contributed by atoms with Gasteiger partial charge in [0.25, 0.3) is 0 Å². The molecule has 0 N–H and O–H groups in total. The van der Waals surface area contributed by atoms with Gasteiger partial charge in [-0.25, -0.2) is 18.7 Å². The Kier molecular flexibility index (Phi) is 14.0. The summed E-state index contributed by atoms with van der Waals surface area (Å²) < 4.78 is 14.9. The Balaban J connectivity index is 0.712. The molecule has 0 amide bonds. The predicted octanol–water partition coefficient (Wildman–Crippen LogP) is 25.1. The predicted molar refractivity (Wildman–Crippen MR) is 460 cm³/mol. The molecule has 0 unspecified atom stereocenters. The van der Waals surface area contributed by atoms with Crippen LogP contribution in [-0.2, 0) is 16.9 Å². The molecular weight excluding hydrogens is 1320 g/mol. The summed E-state index contributed by atoms with van der Waals surface area (Å²) in [6, 6.07) is 115. The second-order valence-corrected chi connectivity index (χ2v) is 43.4. The van der Waals surface area contributed by atoms with E-state index in [1.165, 1.54) is 186 Å². The molecule has 0 aliphatic heterocycles. The monoisotopic (exact) mass is 1400 g/mol. The fourth-order valence-electron chi connectivity index (χ4n) is 17.8. The molecule has 514 valence electrons. The number of nitrogens with zero attached hydrogens (tertiary/aromatic N) is 6. The van der Waals surface area contributed by atoms with Gasteiger partial charge in [0.2, 0.25) is 0 Å². The molecule has 8 heteroatoms. The maximum absolute atomic E-state index is 2.58. The van der Waals surface area contributed by atoms with E-state index in [4.69, 9.17) is 0 Å². The fourth-order valence-corrected chi connectivity index (χ4v) is 21.5. The van der Waals surface area contributed by atoms with E-state index in [0.29, 0.717) is 0 Å². The zero-order valence-corrected chi connectivity index (χ0v) is 64.2. The minimum atomic E-state index is -2.25. The van der Waals surface area contributed by atoms with E-state index in [-0.39, 0.29) is 10.8 Å². The van der Waals surface area contributed by atoms with E-state index in [1.807, 2.05) is 0 Å². The van der Waals surface area contributed by atoms with E-state index >= 15 is 0 Å². The summed E-state index contributed by atoms with van der Waals surface area (Å²) in [4.78, 5) is 0. The van der Waals surface area contributed by atoms with Crippen LogP contribution < -0.4 is 10.4 Å². The summed E-state index contributed by atoms with van der Waals surface area (Å²) in [5.74, 6) is 0.